The molecular formula is C13H13NO4. The second-order valence-electron chi connectivity index (χ2n) is 3.71. The highest BCUT2D eigenvalue weighted by atomic mass is 16.5. The number of carboxylic acids is 1. The molecule has 0 spiro atoms. The third-order valence-corrected chi connectivity index (χ3v) is 2.39. The molecule has 0 amide bonds. The summed E-state index contributed by atoms with van der Waals surface area (Å²) in [7, 11) is 0. The first kappa shape index (κ1) is 12.2. The Morgan fingerprint density at radius 2 is 2.17 bits per heavy atom. The number of furan rings is 1. The maximum atomic E-state index is 10.6. The largest absolute Gasteiger partial charge is 0.486 e. The Morgan fingerprint density at radius 1 is 1.33 bits per heavy atom. The second kappa shape index (κ2) is 5.37. The Bertz CT molecular complexity index is 547. The molecule has 5 heteroatoms. The van der Waals surface area contributed by atoms with Crippen LogP contribution >= 0.6 is 0 Å². The standard InChI is InChI=1S/C13H13NO4/c14-7-9-2-1-3-10(6-9)17-8-11-4-5-12(18-11)13(15)16/h1-6H,7-8,14H2,(H,15,16). The number of hydrogen-bond acceptors (Lipinski definition) is 4. The Labute approximate surface area is 104 Å². The first-order valence-electron chi connectivity index (χ1n) is 5.43. The number of carbonyl (C=O) groups is 1. The number of carboxylic acid groups (broad SMARTS) is 1. The molecule has 0 atom stereocenters. The summed E-state index contributed by atoms with van der Waals surface area (Å²) in [6.45, 7) is 0.627. The van der Waals surface area contributed by atoms with E-state index in [1.54, 1.807) is 12.1 Å². The molecule has 0 saturated carbocycles. The zero-order chi connectivity index (χ0) is 13.0. The zero-order valence-electron chi connectivity index (χ0n) is 9.63. The lowest BCUT2D eigenvalue weighted by atomic mass is 10.2. The summed E-state index contributed by atoms with van der Waals surface area (Å²) in [5.74, 6) is -0.0486. The van der Waals surface area contributed by atoms with Gasteiger partial charge in [0.05, 0.1) is 0 Å². The topological polar surface area (TPSA) is 85.7 Å². The van der Waals surface area contributed by atoms with E-state index < -0.39 is 5.97 Å². The number of hydrogen-bond donors (Lipinski definition) is 2. The Balaban J connectivity index is 1.99. The summed E-state index contributed by atoms with van der Waals surface area (Å²) >= 11 is 0. The van der Waals surface area contributed by atoms with Gasteiger partial charge in [-0.15, -0.1) is 0 Å². The fraction of sp³-hybridized carbons (Fsp3) is 0.154. The molecule has 0 aliphatic heterocycles. The van der Waals surface area contributed by atoms with Crippen LogP contribution in [0.5, 0.6) is 5.75 Å². The van der Waals surface area contributed by atoms with Crippen LogP contribution in [-0.2, 0) is 13.2 Å². The number of ether oxygens (including phenoxy) is 1. The number of benzene rings is 1. The summed E-state index contributed by atoms with van der Waals surface area (Å²) in [5.41, 5.74) is 6.49. The van der Waals surface area contributed by atoms with Gasteiger partial charge in [0.2, 0.25) is 5.76 Å². The first-order valence-corrected chi connectivity index (χ1v) is 5.43. The van der Waals surface area contributed by atoms with Crippen LogP contribution in [0, 0.1) is 0 Å². The van der Waals surface area contributed by atoms with Crippen LogP contribution in [0.4, 0.5) is 0 Å². The van der Waals surface area contributed by atoms with Crippen molar-refractivity contribution in [2.45, 2.75) is 13.2 Å². The Kier molecular flexibility index (Phi) is 3.64. The van der Waals surface area contributed by atoms with E-state index >= 15 is 0 Å². The lowest BCUT2D eigenvalue weighted by molar-refractivity contribution is 0.0658. The van der Waals surface area contributed by atoms with Crippen molar-refractivity contribution in [2.75, 3.05) is 0 Å². The van der Waals surface area contributed by atoms with Crippen LogP contribution in [0.2, 0.25) is 0 Å². The van der Waals surface area contributed by atoms with Crippen LogP contribution in [0.25, 0.3) is 0 Å². The SMILES string of the molecule is NCc1cccc(OCc2ccc(C(=O)O)o2)c1. The molecule has 0 saturated heterocycles. The van der Waals surface area contributed by atoms with Gasteiger partial charge in [0.1, 0.15) is 18.1 Å². The maximum Gasteiger partial charge on any atom is 0.371 e. The molecule has 5 nitrogen and oxygen atoms in total. The quantitative estimate of drug-likeness (QED) is 0.844. The molecule has 1 heterocycles. The Morgan fingerprint density at radius 3 is 2.83 bits per heavy atom. The summed E-state index contributed by atoms with van der Waals surface area (Å²) in [6.07, 6.45) is 0. The lowest BCUT2D eigenvalue weighted by Crippen LogP contribution is -1.98. The van der Waals surface area contributed by atoms with E-state index in [1.807, 2.05) is 18.2 Å². The molecule has 1 aromatic heterocycles. The fourth-order valence-electron chi connectivity index (χ4n) is 1.49. The molecular weight excluding hydrogens is 234 g/mol. The monoisotopic (exact) mass is 247 g/mol. The van der Waals surface area contributed by atoms with Gasteiger partial charge >= 0.3 is 5.97 Å². The van der Waals surface area contributed by atoms with Gasteiger partial charge in [-0.25, -0.2) is 4.79 Å². The molecule has 2 rings (SSSR count). The molecule has 94 valence electrons. The molecule has 0 fully saturated rings. The minimum atomic E-state index is -1.09. The lowest BCUT2D eigenvalue weighted by Gasteiger charge is -2.05. The van der Waals surface area contributed by atoms with Crippen LogP contribution in [-0.4, -0.2) is 11.1 Å². The second-order valence-corrected chi connectivity index (χ2v) is 3.71. The van der Waals surface area contributed by atoms with Crippen molar-refractivity contribution in [1.82, 2.24) is 0 Å². The first-order chi connectivity index (χ1) is 8.69. The predicted octanol–water partition coefficient (Wildman–Crippen LogP) is 2.02. The number of aromatic carboxylic acids is 1. The molecule has 0 unspecified atom stereocenters. The normalized spacial score (nSPS) is 10.3. The van der Waals surface area contributed by atoms with Crippen molar-refractivity contribution < 1.29 is 19.1 Å². The van der Waals surface area contributed by atoms with E-state index in [1.165, 1.54) is 6.07 Å². The number of nitrogens with two attached hydrogens (primary N) is 1. The zero-order valence-corrected chi connectivity index (χ0v) is 9.63. The van der Waals surface area contributed by atoms with Gasteiger partial charge in [-0.3, -0.25) is 0 Å². The van der Waals surface area contributed by atoms with Gasteiger partial charge < -0.3 is 20.0 Å². The van der Waals surface area contributed by atoms with E-state index in [0.717, 1.165) is 5.56 Å². The number of rotatable bonds is 5. The molecule has 3 N–H and O–H groups in total. The molecule has 0 bridgehead atoms. The maximum absolute atomic E-state index is 10.6. The van der Waals surface area contributed by atoms with E-state index in [9.17, 15) is 4.79 Å². The summed E-state index contributed by atoms with van der Waals surface area (Å²) in [6, 6.07) is 10.4. The van der Waals surface area contributed by atoms with Crippen molar-refractivity contribution in [2.24, 2.45) is 5.73 Å². The van der Waals surface area contributed by atoms with E-state index in [-0.39, 0.29) is 12.4 Å². The van der Waals surface area contributed by atoms with Crippen LogP contribution in [0.1, 0.15) is 21.9 Å². The van der Waals surface area contributed by atoms with Gasteiger partial charge in [0, 0.05) is 6.54 Å². The summed E-state index contributed by atoms with van der Waals surface area (Å²) in [4.78, 5) is 10.6. The third kappa shape index (κ3) is 2.89. The molecule has 2 aromatic rings. The highest BCUT2D eigenvalue weighted by molar-refractivity contribution is 5.84. The molecule has 0 aliphatic rings. The highest BCUT2D eigenvalue weighted by Crippen LogP contribution is 2.16. The molecule has 0 aliphatic carbocycles. The predicted molar refractivity (Wildman–Crippen MR) is 64.3 cm³/mol. The van der Waals surface area contributed by atoms with Crippen LogP contribution in [0.3, 0.4) is 0 Å². The van der Waals surface area contributed by atoms with Crippen molar-refractivity contribution in [1.29, 1.82) is 0 Å². The van der Waals surface area contributed by atoms with Gasteiger partial charge in [0.15, 0.2) is 0 Å². The van der Waals surface area contributed by atoms with E-state index in [2.05, 4.69) is 0 Å². The fourth-order valence-corrected chi connectivity index (χ4v) is 1.49. The Hall–Kier alpha value is -2.27. The molecule has 1 aromatic carbocycles. The average Bonchev–Trinajstić information content (AvgIpc) is 2.85. The smallest absolute Gasteiger partial charge is 0.371 e. The van der Waals surface area contributed by atoms with Gasteiger partial charge in [0.25, 0.3) is 0 Å². The minimum Gasteiger partial charge on any atom is -0.486 e. The van der Waals surface area contributed by atoms with Crippen molar-refractivity contribution >= 4 is 5.97 Å². The average molecular weight is 247 g/mol. The molecule has 18 heavy (non-hydrogen) atoms. The highest BCUT2D eigenvalue weighted by Gasteiger charge is 2.09. The van der Waals surface area contributed by atoms with Crippen LogP contribution in [0.15, 0.2) is 40.8 Å². The van der Waals surface area contributed by atoms with Gasteiger partial charge in [-0.05, 0) is 29.8 Å². The van der Waals surface area contributed by atoms with Gasteiger partial charge in [-0.2, -0.15) is 0 Å². The van der Waals surface area contributed by atoms with E-state index in [0.29, 0.717) is 18.1 Å². The van der Waals surface area contributed by atoms with Gasteiger partial charge in [-0.1, -0.05) is 12.1 Å². The van der Waals surface area contributed by atoms with Crippen LogP contribution < -0.4 is 10.5 Å². The van der Waals surface area contributed by atoms with Crippen molar-refractivity contribution in [3.63, 3.8) is 0 Å². The van der Waals surface area contributed by atoms with Crippen molar-refractivity contribution in [3.8, 4) is 5.75 Å². The minimum absolute atomic E-state index is 0.0932. The third-order valence-electron chi connectivity index (χ3n) is 2.39. The van der Waals surface area contributed by atoms with Crippen molar-refractivity contribution in [3.05, 3.63) is 53.5 Å². The summed E-state index contributed by atoms with van der Waals surface area (Å²) in [5, 5.41) is 8.70. The van der Waals surface area contributed by atoms with E-state index in [4.69, 9.17) is 20.0 Å². The molecule has 0 radical (unpaired) electrons. The summed E-state index contributed by atoms with van der Waals surface area (Å²) < 4.78 is 10.6.